The second-order valence-corrected chi connectivity index (χ2v) is 8.79. The first-order valence-electron chi connectivity index (χ1n) is 9.39. The first kappa shape index (κ1) is 22.3. The van der Waals surface area contributed by atoms with Gasteiger partial charge in [-0.05, 0) is 55.7 Å². The summed E-state index contributed by atoms with van der Waals surface area (Å²) in [6, 6.07) is 9.59. The van der Waals surface area contributed by atoms with Crippen molar-refractivity contribution in [2.24, 2.45) is 0 Å². The van der Waals surface area contributed by atoms with E-state index in [4.69, 9.17) is 28.6 Å². The molecule has 0 saturated heterocycles. The number of rotatable bonds is 6. The quantitative estimate of drug-likeness (QED) is 0.376. The Morgan fingerprint density at radius 1 is 1.27 bits per heavy atom. The zero-order valence-electron chi connectivity index (χ0n) is 17.2. The van der Waals surface area contributed by atoms with Gasteiger partial charge in [0, 0.05) is 21.7 Å². The number of nitrogens with zero attached hydrogens (tertiary/aromatic N) is 2. The number of esters is 1. The lowest BCUT2D eigenvalue weighted by atomic mass is 10.1. The summed E-state index contributed by atoms with van der Waals surface area (Å²) >= 11 is 12.9. The Kier molecular flexibility index (Phi) is 7.12. The zero-order chi connectivity index (χ0) is 21.8. The van der Waals surface area contributed by atoms with Crippen LogP contribution in [0.2, 0.25) is 5.02 Å². The van der Waals surface area contributed by atoms with E-state index in [0.717, 1.165) is 28.1 Å². The van der Waals surface area contributed by atoms with E-state index < -0.39 is 0 Å². The number of aromatic nitrogens is 2. The van der Waals surface area contributed by atoms with Crippen LogP contribution in [0.3, 0.4) is 0 Å². The Morgan fingerprint density at radius 3 is 2.60 bits per heavy atom. The van der Waals surface area contributed by atoms with Gasteiger partial charge in [-0.15, -0.1) is 11.3 Å². The van der Waals surface area contributed by atoms with Crippen molar-refractivity contribution in [3.05, 3.63) is 62.6 Å². The molecule has 0 unspecified atom stereocenters. The number of nitrogens with one attached hydrogen (secondary N) is 2. The fourth-order valence-electron chi connectivity index (χ4n) is 3.16. The van der Waals surface area contributed by atoms with E-state index in [1.165, 1.54) is 18.4 Å². The van der Waals surface area contributed by atoms with Crippen LogP contribution in [0.25, 0.3) is 0 Å². The van der Waals surface area contributed by atoms with Gasteiger partial charge in [0.25, 0.3) is 0 Å². The number of ether oxygens (including phenoxy) is 1. The summed E-state index contributed by atoms with van der Waals surface area (Å²) in [5.74, 6) is 0.257. The third-order valence-electron chi connectivity index (χ3n) is 4.65. The lowest BCUT2D eigenvalue weighted by molar-refractivity contribution is 0.0601. The first-order valence-corrected chi connectivity index (χ1v) is 11.0. The number of carbonyl (C=O) groups is 1. The molecule has 3 aromatic rings. The lowest BCUT2D eigenvalue weighted by Gasteiger charge is -2.09. The van der Waals surface area contributed by atoms with E-state index in [9.17, 15) is 4.79 Å². The standard InChI is InChI=1S/C21H23ClN4O2S2/c1-5-16-13(3)30-19(18(16)20(27)28-4)24-21(29)23-17-10-12(2)26(25-17)11-14-6-8-15(22)9-7-14/h6-10H,5,11H2,1-4H3,(H2,23,24,25,29). The van der Waals surface area contributed by atoms with Gasteiger partial charge in [-0.25, -0.2) is 4.79 Å². The van der Waals surface area contributed by atoms with E-state index in [-0.39, 0.29) is 5.97 Å². The van der Waals surface area contributed by atoms with Crippen molar-refractivity contribution in [1.82, 2.24) is 9.78 Å². The summed E-state index contributed by atoms with van der Waals surface area (Å²) in [4.78, 5) is 13.3. The molecule has 0 spiro atoms. The number of carbonyl (C=O) groups excluding carboxylic acids is 1. The zero-order valence-corrected chi connectivity index (χ0v) is 19.6. The molecule has 9 heteroatoms. The second-order valence-electron chi connectivity index (χ2n) is 6.72. The van der Waals surface area contributed by atoms with Gasteiger partial charge in [0.15, 0.2) is 10.9 Å². The van der Waals surface area contributed by atoms with Gasteiger partial charge in [0.05, 0.1) is 19.2 Å². The molecule has 0 bridgehead atoms. The van der Waals surface area contributed by atoms with Crippen LogP contribution in [0.5, 0.6) is 0 Å². The Bertz CT molecular complexity index is 1070. The number of anilines is 2. The predicted octanol–water partition coefficient (Wildman–Crippen LogP) is 5.42. The highest BCUT2D eigenvalue weighted by molar-refractivity contribution is 7.80. The lowest BCUT2D eigenvalue weighted by Crippen LogP contribution is -2.20. The average molecular weight is 463 g/mol. The molecular weight excluding hydrogens is 440 g/mol. The van der Waals surface area contributed by atoms with Crippen molar-refractivity contribution in [3.8, 4) is 0 Å². The van der Waals surface area contributed by atoms with Crippen LogP contribution in [0, 0.1) is 13.8 Å². The van der Waals surface area contributed by atoms with Crippen molar-refractivity contribution >= 4 is 57.1 Å². The number of hydrogen-bond donors (Lipinski definition) is 2. The molecule has 2 heterocycles. The molecule has 0 amide bonds. The van der Waals surface area contributed by atoms with Crippen molar-refractivity contribution < 1.29 is 9.53 Å². The van der Waals surface area contributed by atoms with E-state index >= 15 is 0 Å². The highest BCUT2D eigenvalue weighted by Gasteiger charge is 2.22. The second kappa shape index (κ2) is 9.59. The first-order chi connectivity index (χ1) is 14.3. The fourth-order valence-corrected chi connectivity index (χ4v) is 4.69. The monoisotopic (exact) mass is 462 g/mol. The smallest absolute Gasteiger partial charge is 0.341 e. The number of halogens is 1. The Labute approximate surface area is 190 Å². The van der Waals surface area contributed by atoms with Crippen LogP contribution >= 0.6 is 35.2 Å². The number of benzene rings is 1. The topological polar surface area (TPSA) is 68.2 Å². The fraction of sp³-hybridized carbons (Fsp3) is 0.286. The van der Waals surface area contributed by atoms with E-state index in [1.807, 2.05) is 55.8 Å². The summed E-state index contributed by atoms with van der Waals surface area (Å²) in [6.07, 6.45) is 0.739. The summed E-state index contributed by atoms with van der Waals surface area (Å²) in [5, 5.41) is 12.5. The maximum Gasteiger partial charge on any atom is 0.341 e. The van der Waals surface area contributed by atoms with Crippen molar-refractivity contribution in [1.29, 1.82) is 0 Å². The molecule has 2 aromatic heterocycles. The minimum Gasteiger partial charge on any atom is -0.465 e. The molecule has 0 radical (unpaired) electrons. The molecule has 0 aliphatic rings. The van der Waals surface area contributed by atoms with Gasteiger partial charge in [-0.1, -0.05) is 30.7 Å². The van der Waals surface area contributed by atoms with Gasteiger partial charge in [0.2, 0.25) is 0 Å². The third kappa shape index (κ3) is 5.00. The van der Waals surface area contributed by atoms with Gasteiger partial charge >= 0.3 is 5.97 Å². The van der Waals surface area contributed by atoms with Gasteiger partial charge in [0.1, 0.15) is 5.00 Å². The number of thiocarbonyl (C=S) groups is 1. The van der Waals surface area contributed by atoms with Crippen molar-refractivity contribution in [2.45, 2.75) is 33.7 Å². The molecule has 158 valence electrons. The SMILES string of the molecule is CCc1c(C)sc(NC(=S)Nc2cc(C)n(Cc3ccc(Cl)cc3)n2)c1C(=O)OC. The average Bonchev–Trinajstić information content (AvgIpc) is 3.20. The van der Waals surface area contributed by atoms with Crippen LogP contribution in [-0.2, 0) is 17.7 Å². The maximum atomic E-state index is 12.3. The maximum absolute atomic E-state index is 12.3. The summed E-state index contributed by atoms with van der Waals surface area (Å²) in [7, 11) is 1.38. The van der Waals surface area contributed by atoms with E-state index in [0.29, 0.717) is 33.1 Å². The molecule has 6 nitrogen and oxygen atoms in total. The molecular formula is C21H23ClN4O2S2. The van der Waals surface area contributed by atoms with Gasteiger partial charge in [-0.3, -0.25) is 4.68 Å². The Balaban J connectivity index is 1.73. The molecule has 0 atom stereocenters. The van der Waals surface area contributed by atoms with Crippen molar-refractivity contribution in [3.63, 3.8) is 0 Å². The predicted molar refractivity (Wildman–Crippen MR) is 127 cm³/mol. The number of thiophene rings is 1. The van der Waals surface area contributed by atoms with Crippen LogP contribution in [0.15, 0.2) is 30.3 Å². The molecule has 2 N–H and O–H groups in total. The number of methoxy groups -OCH3 is 1. The van der Waals surface area contributed by atoms with Crippen LogP contribution < -0.4 is 10.6 Å². The molecule has 0 aliphatic carbocycles. The summed E-state index contributed by atoms with van der Waals surface area (Å²) in [5.41, 5.74) is 3.60. The molecule has 30 heavy (non-hydrogen) atoms. The Morgan fingerprint density at radius 2 is 1.97 bits per heavy atom. The molecule has 0 saturated carbocycles. The van der Waals surface area contributed by atoms with Gasteiger partial charge < -0.3 is 15.4 Å². The van der Waals surface area contributed by atoms with Crippen molar-refractivity contribution in [2.75, 3.05) is 17.7 Å². The van der Waals surface area contributed by atoms with Crippen LogP contribution in [0.4, 0.5) is 10.8 Å². The largest absolute Gasteiger partial charge is 0.465 e. The van der Waals surface area contributed by atoms with Crippen LogP contribution in [0.1, 0.15) is 39.0 Å². The van der Waals surface area contributed by atoms with Gasteiger partial charge in [-0.2, -0.15) is 5.10 Å². The minimum absolute atomic E-state index is 0.361. The molecule has 3 rings (SSSR count). The summed E-state index contributed by atoms with van der Waals surface area (Å²) < 4.78 is 6.84. The molecule has 0 fully saturated rings. The highest BCUT2D eigenvalue weighted by Crippen LogP contribution is 2.34. The Hall–Kier alpha value is -2.42. The minimum atomic E-state index is -0.371. The number of hydrogen-bond acceptors (Lipinski definition) is 5. The summed E-state index contributed by atoms with van der Waals surface area (Å²) in [6.45, 7) is 6.61. The third-order valence-corrected chi connectivity index (χ3v) is 6.17. The van der Waals surface area contributed by atoms with E-state index in [2.05, 4.69) is 15.7 Å². The normalized spacial score (nSPS) is 10.7. The highest BCUT2D eigenvalue weighted by atomic mass is 35.5. The molecule has 0 aliphatic heterocycles. The number of aryl methyl sites for hydroxylation is 2. The van der Waals surface area contributed by atoms with E-state index in [1.54, 1.807) is 0 Å². The van der Waals surface area contributed by atoms with Crippen LogP contribution in [-0.4, -0.2) is 28.0 Å². The molecule has 1 aromatic carbocycles.